The molecular weight excluding hydrogens is 463 g/mol. The van der Waals surface area contributed by atoms with Crippen LogP contribution in [0.5, 0.6) is 5.75 Å². The van der Waals surface area contributed by atoms with Crippen LogP contribution in [0, 0.1) is 11.8 Å². The predicted molar refractivity (Wildman–Crippen MR) is 145 cm³/mol. The molecule has 3 aromatic carbocycles. The summed E-state index contributed by atoms with van der Waals surface area (Å²) in [7, 11) is 0. The number of carbonyl (C=O) groups excluding carboxylic acids is 2. The van der Waals surface area contributed by atoms with Crippen LogP contribution in [0.1, 0.15) is 62.9 Å². The first-order valence-electron chi connectivity index (χ1n) is 13.6. The molecule has 1 saturated carbocycles. The van der Waals surface area contributed by atoms with Crippen LogP contribution in [0.15, 0.2) is 84.9 Å². The van der Waals surface area contributed by atoms with E-state index >= 15 is 0 Å². The summed E-state index contributed by atoms with van der Waals surface area (Å²) in [6, 6.07) is 23.8. The van der Waals surface area contributed by atoms with Gasteiger partial charge in [-0.2, -0.15) is 0 Å². The maximum atomic E-state index is 13.8. The van der Waals surface area contributed by atoms with Crippen molar-refractivity contribution in [2.75, 3.05) is 0 Å². The molecule has 0 radical (unpaired) electrons. The zero-order valence-corrected chi connectivity index (χ0v) is 21.8. The van der Waals surface area contributed by atoms with Gasteiger partial charge < -0.3 is 15.2 Å². The van der Waals surface area contributed by atoms with Crippen LogP contribution < -0.4 is 5.32 Å². The van der Waals surface area contributed by atoms with Crippen LogP contribution in [-0.2, 0) is 21.3 Å². The normalized spacial score (nSPS) is 21.8. The molecule has 5 nitrogen and oxygen atoms in total. The number of esters is 1. The molecule has 0 unspecified atom stereocenters. The van der Waals surface area contributed by atoms with Gasteiger partial charge in [-0.15, -0.1) is 0 Å². The third-order valence-electron chi connectivity index (χ3n) is 7.59. The van der Waals surface area contributed by atoms with Gasteiger partial charge in [-0.25, -0.2) is 4.79 Å². The minimum atomic E-state index is -1.22. The highest BCUT2D eigenvalue weighted by Gasteiger charge is 2.42. The summed E-state index contributed by atoms with van der Waals surface area (Å²) in [6.45, 7) is 6.56. The van der Waals surface area contributed by atoms with E-state index in [1.165, 1.54) is 17.7 Å². The van der Waals surface area contributed by atoms with Gasteiger partial charge in [0.05, 0.1) is 0 Å². The van der Waals surface area contributed by atoms with Crippen LogP contribution >= 0.6 is 0 Å². The number of rotatable bonds is 8. The molecule has 1 fully saturated rings. The third-order valence-corrected chi connectivity index (χ3v) is 7.59. The van der Waals surface area contributed by atoms with Gasteiger partial charge in [-0.3, -0.25) is 4.79 Å². The maximum Gasteiger partial charge on any atom is 0.329 e. The van der Waals surface area contributed by atoms with Gasteiger partial charge in [0.1, 0.15) is 17.9 Å². The number of phenols is 1. The first-order chi connectivity index (χ1) is 18.2. The Morgan fingerprint density at radius 2 is 1.62 bits per heavy atom. The lowest BCUT2D eigenvalue weighted by atomic mass is 9.64. The maximum absolute atomic E-state index is 13.8. The zero-order chi connectivity index (χ0) is 27.3. The molecule has 5 heteroatoms. The van der Waals surface area contributed by atoms with Crippen LogP contribution in [0.4, 0.5) is 0 Å². The van der Waals surface area contributed by atoms with Crippen molar-refractivity contribution in [2.24, 2.45) is 11.8 Å². The molecular formula is C32H37NO4. The van der Waals surface area contributed by atoms with Crippen molar-refractivity contribution < 1.29 is 20.8 Å². The number of aromatic hydroxyl groups is 1. The quantitative estimate of drug-likeness (QED) is 0.291. The minimum Gasteiger partial charge on any atom is -0.508 e. The monoisotopic (exact) mass is 501 g/mol. The van der Waals surface area contributed by atoms with Crippen molar-refractivity contribution in [2.45, 2.75) is 64.0 Å². The lowest BCUT2D eigenvalue weighted by Crippen LogP contribution is -2.48. The Bertz CT molecular complexity index is 1210. The zero-order valence-electron chi connectivity index (χ0n) is 22.8. The average molecular weight is 502 g/mol. The molecule has 0 bridgehead atoms. The Morgan fingerprint density at radius 1 is 1.00 bits per heavy atom. The lowest BCUT2D eigenvalue weighted by Gasteiger charge is -2.44. The van der Waals surface area contributed by atoms with E-state index in [0.29, 0.717) is 17.0 Å². The van der Waals surface area contributed by atoms with E-state index in [9.17, 15) is 14.7 Å². The number of hydrogen-bond donors (Lipinski definition) is 2. The van der Waals surface area contributed by atoms with E-state index in [-0.39, 0.29) is 23.2 Å². The van der Waals surface area contributed by atoms with E-state index in [1.807, 2.05) is 24.3 Å². The summed E-state index contributed by atoms with van der Waals surface area (Å²) in [5.41, 5.74) is 1.86. The molecule has 0 aliphatic heterocycles. The molecule has 5 atom stereocenters. The second-order valence-electron chi connectivity index (χ2n) is 10.7. The standard InChI is InChI=1S/C32H37NO4/c1-22-14-19-27(32(2,3)25-12-8-5-9-13-25)29(20-22)37-31(36)28(21-23-15-17-26(34)18-16-23)33-30(35)24-10-6-4-7-11-24/h4-13,15-18,22,27-29,34H,14,19-21H2,1-3H3,(H,33,35)/t22-,27-,28+,29-/m1/s1/i21D,33+1/t21-,22+,27+,28-,29+/m0. The van der Waals surface area contributed by atoms with Gasteiger partial charge in [0.25, 0.3) is 5.91 Å². The molecule has 194 valence electrons. The molecule has 4 rings (SSSR count). The molecule has 0 heterocycles. The molecule has 0 saturated heterocycles. The van der Waals surface area contributed by atoms with Crippen molar-refractivity contribution in [1.82, 2.24) is 5.32 Å². The summed E-state index contributed by atoms with van der Waals surface area (Å²) >= 11 is 0. The van der Waals surface area contributed by atoms with E-state index < -0.39 is 24.3 Å². The molecule has 37 heavy (non-hydrogen) atoms. The second-order valence-corrected chi connectivity index (χ2v) is 10.7. The van der Waals surface area contributed by atoms with E-state index in [1.54, 1.807) is 36.4 Å². The minimum absolute atomic E-state index is 0.0653. The number of hydrogen-bond acceptors (Lipinski definition) is 4. The Hall–Kier alpha value is -3.60. The highest BCUT2D eigenvalue weighted by atomic mass is 16.5. The topological polar surface area (TPSA) is 75.6 Å². The SMILES string of the molecule is [2H][C@@H](c1ccc(O)cc1)[C@H]([15NH]C(=O)c1ccccc1)C(=O)O[C@@H]1C[C@H](C)CC[C@H]1C(C)(C)c1ccccc1. The predicted octanol–water partition coefficient (Wildman–Crippen LogP) is 6.06. The average Bonchev–Trinajstić information content (AvgIpc) is 2.92. The van der Waals surface area contributed by atoms with Crippen LogP contribution in [0.2, 0.25) is 0 Å². The summed E-state index contributed by atoms with van der Waals surface area (Å²) in [6.07, 6.45) is 1.25. The Balaban J connectivity index is 1.61. The molecule has 0 spiro atoms. The Labute approximate surface area is 221 Å². The van der Waals surface area contributed by atoms with Crippen molar-refractivity contribution in [1.29, 1.82) is 0 Å². The summed E-state index contributed by atoms with van der Waals surface area (Å²) in [5, 5.41) is 12.5. The van der Waals surface area contributed by atoms with E-state index in [0.717, 1.165) is 19.3 Å². The van der Waals surface area contributed by atoms with E-state index in [4.69, 9.17) is 6.11 Å². The van der Waals surface area contributed by atoms with Gasteiger partial charge in [-0.1, -0.05) is 87.9 Å². The van der Waals surface area contributed by atoms with Gasteiger partial charge in [0, 0.05) is 19.2 Å². The number of benzene rings is 3. The number of carbonyl (C=O) groups is 2. The number of ether oxygens (including phenoxy) is 1. The molecule has 1 aliphatic carbocycles. The van der Waals surface area contributed by atoms with Gasteiger partial charge in [0.2, 0.25) is 0 Å². The fourth-order valence-electron chi connectivity index (χ4n) is 5.35. The van der Waals surface area contributed by atoms with E-state index in [2.05, 4.69) is 38.2 Å². The van der Waals surface area contributed by atoms with Crippen LogP contribution in [0.3, 0.4) is 0 Å². The first kappa shape index (κ1) is 25.1. The molecule has 0 aromatic heterocycles. The molecule has 1 amide bonds. The first-order valence-corrected chi connectivity index (χ1v) is 13.0. The Morgan fingerprint density at radius 3 is 2.27 bits per heavy atom. The van der Waals surface area contributed by atoms with Crippen molar-refractivity contribution >= 4 is 11.9 Å². The summed E-state index contributed by atoms with van der Waals surface area (Å²) < 4.78 is 15.1. The van der Waals surface area contributed by atoms with Gasteiger partial charge >= 0.3 is 5.97 Å². The van der Waals surface area contributed by atoms with Gasteiger partial charge in [-0.05, 0) is 59.6 Å². The third kappa shape index (κ3) is 6.59. The fourth-order valence-corrected chi connectivity index (χ4v) is 5.35. The smallest absolute Gasteiger partial charge is 0.329 e. The fraction of sp³-hybridized carbons (Fsp3) is 0.375. The highest BCUT2D eigenvalue weighted by Crippen LogP contribution is 2.43. The van der Waals surface area contributed by atoms with Crippen molar-refractivity contribution in [3.63, 3.8) is 0 Å². The van der Waals surface area contributed by atoms with Crippen molar-refractivity contribution in [3.8, 4) is 5.75 Å². The molecule has 1 aliphatic rings. The lowest BCUT2D eigenvalue weighted by molar-refractivity contribution is -0.159. The number of amides is 1. The van der Waals surface area contributed by atoms with Crippen LogP contribution in [-0.4, -0.2) is 29.1 Å². The van der Waals surface area contributed by atoms with Gasteiger partial charge in [0.15, 0.2) is 0 Å². The summed E-state index contributed by atoms with van der Waals surface area (Å²) in [4.78, 5) is 26.8. The second kappa shape index (κ2) is 11.6. The summed E-state index contributed by atoms with van der Waals surface area (Å²) in [5.74, 6) is -0.502. The largest absolute Gasteiger partial charge is 0.508 e. The number of phenolic OH excluding ortho intramolecular Hbond substituents is 1. The molecule has 3 aromatic rings. The highest BCUT2D eigenvalue weighted by molar-refractivity contribution is 5.96. The number of nitrogens with one attached hydrogen (secondary N) is 1. The Kier molecular flexibility index (Phi) is 7.88. The molecule has 2 N–H and O–H groups in total. The van der Waals surface area contributed by atoms with Crippen LogP contribution in [0.25, 0.3) is 0 Å². The van der Waals surface area contributed by atoms with Crippen molar-refractivity contribution in [3.05, 3.63) is 102 Å².